The van der Waals surface area contributed by atoms with E-state index in [0.717, 1.165) is 35.6 Å². The fourth-order valence-corrected chi connectivity index (χ4v) is 2.25. The molecular weight excluding hydrogens is 476 g/mol. The van der Waals surface area contributed by atoms with Crippen molar-refractivity contribution < 1.29 is 59.8 Å². The molecular formula is C24H34N2O10. The first-order valence-electron chi connectivity index (χ1n) is 11.0. The second-order valence-electron chi connectivity index (χ2n) is 7.25. The second kappa shape index (κ2) is 19.1. The summed E-state index contributed by atoms with van der Waals surface area (Å²) in [6.07, 6.45) is 0.149. The molecule has 0 spiro atoms. The summed E-state index contributed by atoms with van der Waals surface area (Å²) in [5.74, 6) is -4.18. The maximum atomic E-state index is 9.64. The Labute approximate surface area is 208 Å². The van der Waals surface area contributed by atoms with Gasteiger partial charge in [0, 0.05) is 50.8 Å². The van der Waals surface area contributed by atoms with Crippen molar-refractivity contribution in [1.82, 2.24) is 0 Å². The summed E-state index contributed by atoms with van der Waals surface area (Å²) in [5, 5.41) is 53.2. The average Bonchev–Trinajstić information content (AvgIpc) is 2.80. The molecule has 6 N–H and O–H groups in total. The van der Waals surface area contributed by atoms with Crippen LogP contribution in [-0.4, -0.2) is 44.3 Å². The molecule has 2 rings (SSSR count). The van der Waals surface area contributed by atoms with Crippen molar-refractivity contribution >= 4 is 23.9 Å². The van der Waals surface area contributed by atoms with Gasteiger partial charge >= 0.3 is 11.9 Å². The molecule has 2 heterocycles. The van der Waals surface area contributed by atoms with Gasteiger partial charge in [-0.3, -0.25) is 9.59 Å². The van der Waals surface area contributed by atoms with Gasteiger partial charge in [-0.25, -0.2) is 9.97 Å². The van der Waals surface area contributed by atoms with Crippen molar-refractivity contribution in [1.29, 1.82) is 0 Å². The average molecular weight is 511 g/mol. The smallest absolute Gasteiger partial charge is 0.303 e. The van der Waals surface area contributed by atoms with Crippen LogP contribution in [0.4, 0.5) is 0 Å². The van der Waals surface area contributed by atoms with Crippen LogP contribution in [0, 0.1) is 13.8 Å². The van der Waals surface area contributed by atoms with E-state index in [1.807, 2.05) is 39.8 Å². The molecule has 200 valence electrons. The monoisotopic (exact) mass is 510 g/mol. The number of rotatable bonds is 8. The summed E-state index contributed by atoms with van der Waals surface area (Å²) >= 11 is 0. The van der Waals surface area contributed by atoms with Crippen LogP contribution in [-0.2, 0) is 32.0 Å². The van der Waals surface area contributed by atoms with Gasteiger partial charge in [-0.15, -0.1) is 0 Å². The van der Waals surface area contributed by atoms with E-state index >= 15 is 0 Å². The molecule has 12 heteroatoms. The highest BCUT2D eigenvalue weighted by molar-refractivity contribution is 5.75. The predicted octanol–water partition coefficient (Wildman–Crippen LogP) is -0.644. The van der Waals surface area contributed by atoms with Gasteiger partial charge in [0.15, 0.2) is 22.9 Å². The number of carbonyl (C=O) groups excluding carboxylic acids is 2. The van der Waals surface area contributed by atoms with Crippen LogP contribution in [0.5, 0.6) is 11.5 Å². The zero-order valence-electron chi connectivity index (χ0n) is 20.8. The van der Waals surface area contributed by atoms with E-state index in [2.05, 4.69) is 9.97 Å². The standard InChI is InChI=1S/2C8H11NO.2C4H6O4/c2*1-3-7-8(10)5-4-6(2)9-7;2*5-3(6)1-2-4(7)8/h2*4-5,10H,3H2,1-2H3;2*1-2H2,(H,5,6)(H,7,8). The Morgan fingerprint density at radius 2 is 0.972 bits per heavy atom. The molecule has 2 aromatic heterocycles. The van der Waals surface area contributed by atoms with Crippen molar-refractivity contribution in [3.05, 3.63) is 47.0 Å². The van der Waals surface area contributed by atoms with Gasteiger partial charge in [-0.05, 0) is 25.0 Å². The fourth-order valence-electron chi connectivity index (χ4n) is 2.25. The predicted molar refractivity (Wildman–Crippen MR) is 121 cm³/mol. The third-order valence-electron chi connectivity index (χ3n) is 4.09. The molecule has 2 aromatic rings. The van der Waals surface area contributed by atoms with Crippen LogP contribution in [0.25, 0.3) is 0 Å². The second-order valence-corrected chi connectivity index (χ2v) is 7.25. The molecule has 0 unspecified atom stereocenters. The summed E-state index contributed by atoms with van der Waals surface area (Å²) in [6.45, 7) is 7.95. The molecule has 0 amide bonds. The molecule has 0 atom stereocenters. The Hall–Kier alpha value is -4.22. The first-order valence-corrected chi connectivity index (χ1v) is 11.0. The summed E-state index contributed by atoms with van der Waals surface area (Å²) in [4.78, 5) is 44.4. The quantitative estimate of drug-likeness (QED) is 0.351. The SMILES string of the molecule is CCc1[nH+]c(C)ccc1O.CCc1[nH+]c(C)ccc1O.O=C(O)CCC(=O)O.O=C([O-])CCC(=O)[O-]. The number of aromatic nitrogens is 2. The summed E-state index contributed by atoms with van der Waals surface area (Å²) in [5.41, 5.74) is 3.96. The van der Waals surface area contributed by atoms with Crippen molar-refractivity contribution in [2.24, 2.45) is 0 Å². The number of nitrogens with one attached hydrogen (secondary N) is 2. The van der Waals surface area contributed by atoms with E-state index in [1.165, 1.54) is 0 Å². The first-order chi connectivity index (χ1) is 16.7. The van der Waals surface area contributed by atoms with Crippen molar-refractivity contribution in [3.8, 4) is 11.5 Å². The van der Waals surface area contributed by atoms with Gasteiger partial charge in [0.1, 0.15) is 0 Å². The lowest BCUT2D eigenvalue weighted by atomic mass is 10.2. The Bertz CT molecular complexity index is 885. The minimum atomic E-state index is -1.37. The number of aryl methyl sites for hydroxylation is 4. The number of aromatic hydroxyl groups is 2. The molecule has 0 aromatic carbocycles. The van der Waals surface area contributed by atoms with E-state index in [9.17, 15) is 39.6 Å². The Morgan fingerprint density at radius 1 is 0.667 bits per heavy atom. The third-order valence-corrected chi connectivity index (χ3v) is 4.09. The minimum absolute atomic E-state index is 0.296. The molecule has 0 radical (unpaired) electrons. The molecule has 0 aliphatic heterocycles. The van der Waals surface area contributed by atoms with Gasteiger partial charge in [-0.2, -0.15) is 0 Å². The van der Waals surface area contributed by atoms with E-state index in [1.54, 1.807) is 12.1 Å². The number of carboxylic acids is 4. The number of aliphatic carboxylic acids is 4. The minimum Gasteiger partial charge on any atom is -0.550 e. The van der Waals surface area contributed by atoms with E-state index in [-0.39, 0.29) is 12.8 Å². The lowest BCUT2D eigenvalue weighted by molar-refractivity contribution is -0.400. The molecule has 0 aliphatic carbocycles. The highest BCUT2D eigenvalue weighted by atomic mass is 16.4. The van der Waals surface area contributed by atoms with Crippen LogP contribution in [0.3, 0.4) is 0 Å². The Balaban J connectivity index is 0. The molecule has 0 aliphatic rings. The van der Waals surface area contributed by atoms with Crippen molar-refractivity contribution in [2.45, 2.75) is 66.2 Å². The lowest BCUT2D eigenvalue weighted by Gasteiger charge is -2.00. The van der Waals surface area contributed by atoms with Crippen LogP contribution >= 0.6 is 0 Å². The number of hydrogen-bond acceptors (Lipinski definition) is 8. The Morgan fingerprint density at radius 3 is 1.17 bits per heavy atom. The number of carbonyl (C=O) groups is 4. The van der Waals surface area contributed by atoms with Crippen molar-refractivity contribution in [3.63, 3.8) is 0 Å². The van der Waals surface area contributed by atoms with Gasteiger partial charge in [0.05, 0.1) is 12.8 Å². The number of pyridine rings is 2. The van der Waals surface area contributed by atoms with E-state index in [4.69, 9.17) is 10.2 Å². The van der Waals surface area contributed by atoms with Crippen LogP contribution in [0.2, 0.25) is 0 Å². The number of carboxylic acid groups (broad SMARTS) is 4. The molecule has 0 fully saturated rings. The third kappa shape index (κ3) is 19.3. The molecule has 36 heavy (non-hydrogen) atoms. The lowest BCUT2D eigenvalue weighted by Crippen LogP contribution is -2.27. The van der Waals surface area contributed by atoms with Gasteiger partial charge < -0.3 is 40.2 Å². The highest BCUT2D eigenvalue weighted by Gasteiger charge is 2.06. The number of aromatic amines is 2. The van der Waals surface area contributed by atoms with Gasteiger partial charge in [-0.1, -0.05) is 13.8 Å². The van der Waals surface area contributed by atoms with E-state index < -0.39 is 36.7 Å². The first kappa shape index (κ1) is 34.0. The largest absolute Gasteiger partial charge is 0.550 e. The van der Waals surface area contributed by atoms with E-state index in [0.29, 0.717) is 11.5 Å². The Kier molecular flexibility index (Phi) is 18.0. The molecule has 0 bridgehead atoms. The fraction of sp³-hybridized carbons (Fsp3) is 0.417. The number of H-pyrrole nitrogens is 2. The van der Waals surface area contributed by atoms with Gasteiger partial charge in [0.25, 0.3) is 0 Å². The molecule has 12 nitrogen and oxygen atoms in total. The maximum absolute atomic E-state index is 9.64. The topological polar surface area (TPSA) is 224 Å². The zero-order chi connectivity index (χ0) is 28.3. The van der Waals surface area contributed by atoms with Crippen LogP contribution in [0.15, 0.2) is 24.3 Å². The normalized spacial score (nSPS) is 9.22. The maximum Gasteiger partial charge on any atom is 0.303 e. The molecule has 0 saturated heterocycles. The zero-order valence-corrected chi connectivity index (χ0v) is 20.8. The highest BCUT2D eigenvalue weighted by Crippen LogP contribution is 2.11. The molecule has 0 saturated carbocycles. The van der Waals surface area contributed by atoms with Crippen molar-refractivity contribution in [2.75, 3.05) is 0 Å². The van der Waals surface area contributed by atoms with Crippen LogP contribution < -0.4 is 20.2 Å². The summed E-state index contributed by atoms with van der Waals surface area (Å²) in [7, 11) is 0. The van der Waals surface area contributed by atoms with Gasteiger partial charge in [0.2, 0.25) is 11.4 Å². The summed E-state index contributed by atoms with van der Waals surface area (Å²) < 4.78 is 0. The number of hydrogen-bond donors (Lipinski definition) is 4. The van der Waals surface area contributed by atoms with Crippen LogP contribution in [0.1, 0.15) is 62.3 Å². The summed E-state index contributed by atoms with van der Waals surface area (Å²) in [6, 6.07) is 7.14.